The van der Waals surface area contributed by atoms with Crippen LogP contribution >= 0.6 is 0 Å². The lowest BCUT2D eigenvalue weighted by Crippen LogP contribution is -2.39. The summed E-state index contributed by atoms with van der Waals surface area (Å²) in [6, 6.07) is 16.1. The molecule has 20 heavy (non-hydrogen) atoms. The van der Waals surface area contributed by atoms with Gasteiger partial charge in [0, 0.05) is 18.2 Å². The first-order chi connectivity index (χ1) is 9.74. The lowest BCUT2D eigenvalue weighted by molar-refractivity contribution is 0.287. The Morgan fingerprint density at radius 1 is 1.05 bits per heavy atom. The molecule has 0 saturated heterocycles. The average Bonchev–Trinajstić information content (AvgIpc) is 2.41. The third kappa shape index (κ3) is 2.75. The van der Waals surface area contributed by atoms with E-state index >= 15 is 0 Å². The maximum Gasteiger partial charge on any atom is 0.127 e. The van der Waals surface area contributed by atoms with Gasteiger partial charge in [-0.05, 0) is 42.9 Å². The van der Waals surface area contributed by atoms with E-state index in [0.717, 1.165) is 18.4 Å². The smallest absolute Gasteiger partial charge is 0.127 e. The van der Waals surface area contributed by atoms with E-state index in [1.165, 1.54) is 17.2 Å². The summed E-state index contributed by atoms with van der Waals surface area (Å²) in [5.41, 5.74) is 3.60. The Morgan fingerprint density at radius 3 is 2.50 bits per heavy atom. The molecule has 0 aliphatic heterocycles. The van der Waals surface area contributed by atoms with Crippen molar-refractivity contribution in [2.24, 2.45) is 0 Å². The van der Waals surface area contributed by atoms with Crippen molar-refractivity contribution in [3.8, 4) is 0 Å². The lowest BCUT2D eigenvalue weighted by Gasteiger charge is -2.37. The molecule has 3 rings (SSSR count). The summed E-state index contributed by atoms with van der Waals surface area (Å²) in [6.45, 7) is 2.80. The molecule has 2 heteroatoms. The minimum Gasteiger partial charge on any atom is -0.310 e. The van der Waals surface area contributed by atoms with Crippen LogP contribution in [0.2, 0.25) is 0 Å². The van der Waals surface area contributed by atoms with Crippen molar-refractivity contribution in [2.45, 2.75) is 38.3 Å². The maximum absolute atomic E-state index is 13.5. The molecule has 0 heterocycles. The van der Waals surface area contributed by atoms with Gasteiger partial charge in [0.15, 0.2) is 0 Å². The van der Waals surface area contributed by atoms with Gasteiger partial charge in [-0.2, -0.15) is 0 Å². The first-order valence-corrected chi connectivity index (χ1v) is 7.26. The fourth-order valence-corrected chi connectivity index (χ4v) is 2.98. The monoisotopic (exact) mass is 269 g/mol. The Morgan fingerprint density at radius 2 is 1.75 bits per heavy atom. The summed E-state index contributed by atoms with van der Waals surface area (Å²) in [4.78, 5) is 0. The molecular formula is C18H20FN. The third-order valence-corrected chi connectivity index (χ3v) is 4.31. The van der Waals surface area contributed by atoms with Crippen LogP contribution in [0, 0.1) is 12.7 Å². The number of rotatable bonds is 4. The summed E-state index contributed by atoms with van der Waals surface area (Å²) < 4.78 is 13.5. The van der Waals surface area contributed by atoms with Crippen molar-refractivity contribution < 1.29 is 4.39 Å². The van der Waals surface area contributed by atoms with Crippen molar-refractivity contribution >= 4 is 0 Å². The minimum atomic E-state index is -0.116. The van der Waals surface area contributed by atoms with Crippen LogP contribution < -0.4 is 5.32 Å². The Balaban J connectivity index is 1.52. The average molecular weight is 269 g/mol. The molecule has 104 valence electrons. The second-order valence-corrected chi connectivity index (χ2v) is 5.69. The Hall–Kier alpha value is -1.67. The van der Waals surface area contributed by atoms with Crippen LogP contribution in [0.25, 0.3) is 0 Å². The Kier molecular flexibility index (Phi) is 3.83. The molecule has 0 bridgehead atoms. The van der Waals surface area contributed by atoms with E-state index < -0.39 is 0 Å². The van der Waals surface area contributed by atoms with Crippen LogP contribution in [0.3, 0.4) is 0 Å². The Labute approximate surface area is 119 Å². The highest BCUT2D eigenvalue weighted by atomic mass is 19.1. The molecule has 1 fully saturated rings. The van der Waals surface area contributed by atoms with E-state index in [-0.39, 0.29) is 5.82 Å². The van der Waals surface area contributed by atoms with Gasteiger partial charge < -0.3 is 5.32 Å². The second-order valence-electron chi connectivity index (χ2n) is 5.69. The highest BCUT2D eigenvalue weighted by Gasteiger charge is 2.30. The summed E-state index contributed by atoms with van der Waals surface area (Å²) in [6.07, 6.45) is 2.30. The van der Waals surface area contributed by atoms with Gasteiger partial charge in [0.2, 0.25) is 0 Å². The molecule has 0 radical (unpaired) electrons. The van der Waals surface area contributed by atoms with E-state index in [2.05, 4.69) is 36.5 Å². The number of halogens is 1. The van der Waals surface area contributed by atoms with Gasteiger partial charge >= 0.3 is 0 Å². The van der Waals surface area contributed by atoms with Crippen molar-refractivity contribution in [1.82, 2.24) is 5.32 Å². The van der Waals surface area contributed by atoms with Crippen LogP contribution in [0.5, 0.6) is 0 Å². The first-order valence-electron chi connectivity index (χ1n) is 7.26. The van der Waals surface area contributed by atoms with Gasteiger partial charge in [0.1, 0.15) is 5.82 Å². The van der Waals surface area contributed by atoms with Crippen LogP contribution in [0.4, 0.5) is 4.39 Å². The number of nitrogens with one attached hydrogen (secondary N) is 1. The fourth-order valence-electron chi connectivity index (χ4n) is 2.98. The molecule has 2 aromatic rings. The summed E-state index contributed by atoms with van der Waals surface area (Å²) >= 11 is 0. The lowest BCUT2D eigenvalue weighted by atomic mass is 9.74. The minimum absolute atomic E-state index is 0.116. The zero-order chi connectivity index (χ0) is 13.9. The molecular weight excluding hydrogens is 249 g/mol. The molecule has 1 nitrogen and oxygen atoms in total. The summed E-state index contributed by atoms with van der Waals surface area (Å²) in [5.74, 6) is 0.545. The zero-order valence-electron chi connectivity index (χ0n) is 11.8. The second kappa shape index (κ2) is 5.76. The van der Waals surface area contributed by atoms with Crippen molar-refractivity contribution in [1.29, 1.82) is 0 Å². The van der Waals surface area contributed by atoms with E-state index in [1.807, 2.05) is 12.1 Å². The van der Waals surface area contributed by atoms with Crippen molar-refractivity contribution in [2.75, 3.05) is 0 Å². The highest BCUT2D eigenvalue weighted by Crippen LogP contribution is 2.38. The predicted molar refractivity (Wildman–Crippen MR) is 80.2 cm³/mol. The zero-order valence-corrected chi connectivity index (χ0v) is 11.8. The summed E-state index contributed by atoms with van der Waals surface area (Å²) in [5, 5.41) is 3.46. The highest BCUT2D eigenvalue weighted by molar-refractivity contribution is 5.31. The normalized spacial score (nSPS) is 21.5. The van der Waals surface area contributed by atoms with Gasteiger partial charge in [-0.25, -0.2) is 4.39 Å². The van der Waals surface area contributed by atoms with Crippen LogP contribution in [0.15, 0.2) is 48.5 Å². The SMILES string of the molecule is Cc1ccccc1C1CC(NCc2ccccc2F)C1. The topological polar surface area (TPSA) is 12.0 Å². The quantitative estimate of drug-likeness (QED) is 0.878. The number of benzene rings is 2. The number of hydrogen-bond acceptors (Lipinski definition) is 1. The molecule has 0 amide bonds. The Bertz CT molecular complexity index is 585. The van der Waals surface area contributed by atoms with Gasteiger partial charge in [-0.1, -0.05) is 42.5 Å². The van der Waals surface area contributed by atoms with E-state index in [9.17, 15) is 4.39 Å². The van der Waals surface area contributed by atoms with Crippen LogP contribution in [0.1, 0.15) is 35.4 Å². The maximum atomic E-state index is 13.5. The molecule has 1 aliphatic carbocycles. The van der Waals surface area contributed by atoms with Crippen molar-refractivity contribution in [3.05, 3.63) is 71.0 Å². The fraction of sp³-hybridized carbons (Fsp3) is 0.333. The van der Waals surface area contributed by atoms with E-state index in [4.69, 9.17) is 0 Å². The molecule has 0 spiro atoms. The molecule has 1 aliphatic rings. The van der Waals surface area contributed by atoms with Gasteiger partial charge in [-0.3, -0.25) is 0 Å². The number of hydrogen-bond donors (Lipinski definition) is 1. The van der Waals surface area contributed by atoms with E-state index in [1.54, 1.807) is 6.07 Å². The van der Waals surface area contributed by atoms with Gasteiger partial charge in [-0.15, -0.1) is 0 Å². The third-order valence-electron chi connectivity index (χ3n) is 4.31. The van der Waals surface area contributed by atoms with Crippen LogP contribution in [-0.2, 0) is 6.54 Å². The number of aryl methyl sites for hydroxylation is 1. The largest absolute Gasteiger partial charge is 0.310 e. The molecule has 0 aromatic heterocycles. The molecule has 0 unspecified atom stereocenters. The molecule has 1 saturated carbocycles. The summed E-state index contributed by atoms with van der Waals surface area (Å²) in [7, 11) is 0. The van der Waals surface area contributed by atoms with Gasteiger partial charge in [0.25, 0.3) is 0 Å². The molecule has 1 N–H and O–H groups in total. The van der Waals surface area contributed by atoms with Gasteiger partial charge in [0.05, 0.1) is 0 Å². The van der Waals surface area contributed by atoms with Crippen LogP contribution in [-0.4, -0.2) is 6.04 Å². The van der Waals surface area contributed by atoms with E-state index in [0.29, 0.717) is 18.5 Å². The van der Waals surface area contributed by atoms with Crippen molar-refractivity contribution in [3.63, 3.8) is 0 Å². The predicted octanol–water partition coefficient (Wildman–Crippen LogP) is 4.17. The molecule has 0 atom stereocenters. The standard InChI is InChI=1S/C18H20FN/c1-13-6-2-4-8-17(13)15-10-16(11-15)20-12-14-7-3-5-9-18(14)19/h2-9,15-16,20H,10-12H2,1H3. The molecule has 2 aromatic carbocycles. The first kappa shape index (κ1) is 13.3.